The van der Waals surface area contributed by atoms with Gasteiger partial charge in [0.25, 0.3) is 0 Å². The predicted octanol–water partition coefficient (Wildman–Crippen LogP) is 15.7. The molecule has 12 rings (SSSR count). The van der Waals surface area contributed by atoms with E-state index in [1.807, 2.05) is 0 Å². The van der Waals surface area contributed by atoms with Crippen LogP contribution in [0.2, 0.25) is 0 Å². The quantitative estimate of drug-likeness (QED) is 0.163. The van der Waals surface area contributed by atoms with Crippen LogP contribution in [-0.2, 0) is 16.2 Å². The molecule has 7 aromatic carbocycles. The summed E-state index contributed by atoms with van der Waals surface area (Å²) in [5.74, 6) is 2.82. The summed E-state index contributed by atoms with van der Waals surface area (Å²) in [5, 5.41) is 2.64. The largest absolute Gasteiger partial charge is 0.309 e. The first-order valence-electron chi connectivity index (χ1n) is 21.9. The molecule has 4 saturated carbocycles. The fraction of sp³-hybridized carbons (Fsp3) is 0.298. The zero-order valence-corrected chi connectivity index (χ0v) is 34.9. The molecule has 5 aliphatic rings. The summed E-state index contributed by atoms with van der Waals surface area (Å²) in [6, 6.07) is 58.0. The summed E-state index contributed by atoms with van der Waals surface area (Å²) in [7, 11) is 0. The Morgan fingerprint density at radius 1 is 0.500 bits per heavy atom. The van der Waals surface area contributed by atoms with Crippen LogP contribution in [0.3, 0.4) is 0 Å². The molecule has 0 radical (unpaired) electrons. The predicted molar refractivity (Wildman–Crippen MR) is 246 cm³/mol. The van der Waals surface area contributed by atoms with Gasteiger partial charge in [0.15, 0.2) is 0 Å². The Balaban J connectivity index is 1.06. The second-order valence-corrected chi connectivity index (χ2v) is 20.0. The summed E-state index contributed by atoms with van der Waals surface area (Å²) in [5.41, 5.74) is 17.4. The zero-order chi connectivity index (χ0) is 39.4. The molecule has 1 heteroatoms. The molecule has 4 fully saturated rings. The van der Waals surface area contributed by atoms with Crippen molar-refractivity contribution in [1.29, 1.82) is 0 Å². The van der Waals surface area contributed by atoms with E-state index in [4.69, 9.17) is 0 Å². The van der Waals surface area contributed by atoms with Crippen LogP contribution in [0, 0.1) is 17.8 Å². The number of hydrogen-bond donors (Lipinski definition) is 0. The lowest BCUT2D eigenvalue weighted by Gasteiger charge is -2.57. The molecule has 1 nitrogen and oxygen atoms in total. The molecule has 58 heavy (non-hydrogen) atoms. The lowest BCUT2D eigenvalue weighted by Crippen LogP contribution is -2.48. The van der Waals surface area contributed by atoms with Crippen LogP contribution in [0.15, 0.2) is 152 Å². The van der Waals surface area contributed by atoms with Gasteiger partial charge in [-0.1, -0.05) is 162 Å². The third-order valence-electron chi connectivity index (χ3n) is 15.0. The minimum Gasteiger partial charge on any atom is -0.309 e. The van der Waals surface area contributed by atoms with Crippen LogP contribution in [-0.4, -0.2) is 0 Å². The molecule has 0 unspecified atom stereocenters. The first-order valence-corrected chi connectivity index (χ1v) is 21.9. The molecule has 0 aliphatic heterocycles. The lowest BCUT2D eigenvalue weighted by atomic mass is 9.48. The zero-order valence-electron chi connectivity index (χ0n) is 34.9. The maximum Gasteiger partial charge on any atom is 0.0543 e. The first-order chi connectivity index (χ1) is 28.1. The maximum absolute atomic E-state index is 2.55. The Bertz CT molecular complexity index is 2660. The molecule has 0 atom stereocenters. The van der Waals surface area contributed by atoms with E-state index in [0.29, 0.717) is 5.41 Å². The third kappa shape index (κ3) is 5.56. The van der Waals surface area contributed by atoms with Crippen LogP contribution in [0.25, 0.3) is 44.2 Å². The van der Waals surface area contributed by atoms with Crippen molar-refractivity contribution in [3.8, 4) is 33.4 Å². The lowest BCUT2D eigenvalue weighted by molar-refractivity contribution is -0.00518. The van der Waals surface area contributed by atoms with Gasteiger partial charge in [-0.05, 0) is 147 Å². The summed E-state index contributed by atoms with van der Waals surface area (Å²) >= 11 is 0. The van der Waals surface area contributed by atoms with Gasteiger partial charge in [-0.25, -0.2) is 0 Å². The fourth-order valence-electron chi connectivity index (χ4n) is 12.7. The highest BCUT2D eigenvalue weighted by atomic mass is 15.1. The van der Waals surface area contributed by atoms with E-state index >= 15 is 0 Å². The van der Waals surface area contributed by atoms with Gasteiger partial charge < -0.3 is 4.90 Å². The van der Waals surface area contributed by atoms with Crippen LogP contribution in [0.4, 0.5) is 17.1 Å². The number of anilines is 3. The van der Waals surface area contributed by atoms with Crippen LogP contribution in [0.5, 0.6) is 0 Å². The summed E-state index contributed by atoms with van der Waals surface area (Å²) in [4.78, 5) is 2.55. The number of benzene rings is 7. The second kappa shape index (κ2) is 13.1. The molecule has 0 spiro atoms. The van der Waals surface area contributed by atoms with Gasteiger partial charge in [0.05, 0.1) is 11.4 Å². The molecule has 0 amide bonds. The van der Waals surface area contributed by atoms with Crippen molar-refractivity contribution in [3.63, 3.8) is 0 Å². The molecule has 7 aromatic rings. The van der Waals surface area contributed by atoms with E-state index in [0.717, 1.165) is 23.4 Å². The van der Waals surface area contributed by atoms with E-state index in [2.05, 4.69) is 191 Å². The highest BCUT2D eigenvalue weighted by Gasteiger charge is 2.51. The highest BCUT2D eigenvalue weighted by Crippen LogP contribution is 2.61. The normalized spacial score (nSPS) is 22.5. The van der Waals surface area contributed by atoms with Crippen molar-refractivity contribution in [2.75, 3.05) is 4.90 Å². The number of fused-ring (bicyclic) bond motifs is 4. The molecule has 0 aromatic heterocycles. The molecular formula is C57H55N. The van der Waals surface area contributed by atoms with Crippen LogP contribution >= 0.6 is 0 Å². The first kappa shape index (κ1) is 35.7. The average molecular weight is 754 g/mol. The molecule has 0 saturated heterocycles. The van der Waals surface area contributed by atoms with Gasteiger partial charge in [0.2, 0.25) is 0 Å². The van der Waals surface area contributed by atoms with Crippen molar-refractivity contribution < 1.29 is 0 Å². The monoisotopic (exact) mass is 753 g/mol. The SMILES string of the molecule is CC(C)(C)c1cccc2cccc(-c3ccc(N(c4ccccc4-c4ccc(C56CC7CC(CC(C7)C5)C6)cc4)c4cccc5c4-c4ccccc4C5(C)C)cc3)c12. The Labute approximate surface area is 345 Å². The van der Waals surface area contributed by atoms with Gasteiger partial charge in [-0.15, -0.1) is 0 Å². The Morgan fingerprint density at radius 2 is 1.03 bits per heavy atom. The van der Waals surface area contributed by atoms with E-state index in [1.54, 1.807) is 5.56 Å². The molecule has 0 N–H and O–H groups in total. The molecule has 4 bridgehead atoms. The number of rotatable bonds is 6. The summed E-state index contributed by atoms with van der Waals surface area (Å²) in [6.07, 6.45) is 8.62. The van der Waals surface area contributed by atoms with E-state index in [1.165, 1.54) is 111 Å². The minimum atomic E-state index is -0.0941. The van der Waals surface area contributed by atoms with Crippen molar-refractivity contribution in [2.45, 2.75) is 89.4 Å². The smallest absolute Gasteiger partial charge is 0.0543 e. The summed E-state index contributed by atoms with van der Waals surface area (Å²) < 4.78 is 0. The van der Waals surface area contributed by atoms with Gasteiger partial charge in [-0.3, -0.25) is 0 Å². The molecule has 288 valence electrons. The number of hydrogen-bond acceptors (Lipinski definition) is 1. The van der Waals surface area contributed by atoms with Gasteiger partial charge >= 0.3 is 0 Å². The Hall–Kier alpha value is -5.40. The average Bonchev–Trinajstić information content (AvgIpc) is 3.46. The maximum atomic E-state index is 2.55. The standard InChI is InChI=1S/C57H55N/c1-55(2,3)49-19-11-14-42-13-10-17-46(53(42)49)41-25-29-44(30-26-41)58(52-22-12-20-50-54(52)47-16-6-8-18-48(47)56(50,4)5)51-21-9-7-15-45(51)40-23-27-43(28-24-40)57-34-37-31-38(35-57)33-39(32-37)36-57/h6-30,37-39H,31-36H2,1-5H3. The highest BCUT2D eigenvalue weighted by molar-refractivity contribution is 6.01. The van der Waals surface area contributed by atoms with Gasteiger partial charge in [-0.2, -0.15) is 0 Å². The fourth-order valence-corrected chi connectivity index (χ4v) is 12.7. The topological polar surface area (TPSA) is 3.24 Å². The van der Waals surface area contributed by atoms with Crippen molar-refractivity contribution in [3.05, 3.63) is 174 Å². The Morgan fingerprint density at radius 3 is 1.72 bits per heavy atom. The van der Waals surface area contributed by atoms with Crippen LogP contribution in [0.1, 0.15) is 95.4 Å². The minimum absolute atomic E-state index is 0.0290. The second-order valence-electron chi connectivity index (χ2n) is 20.0. The van der Waals surface area contributed by atoms with Crippen molar-refractivity contribution in [1.82, 2.24) is 0 Å². The number of nitrogens with zero attached hydrogens (tertiary/aromatic N) is 1. The van der Waals surface area contributed by atoms with Crippen molar-refractivity contribution in [2.24, 2.45) is 17.8 Å². The number of para-hydroxylation sites is 1. The van der Waals surface area contributed by atoms with Crippen molar-refractivity contribution >= 4 is 27.8 Å². The van der Waals surface area contributed by atoms with E-state index in [9.17, 15) is 0 Å². The summed E-state index contributed by atoms with van der Waals surface area (Å²) in [6.45, 7) is 11.7. The third-order valence-corrected chi connectivity index (χ3v) is 15.0. The van der Waals surface area contributed by atoms with Gasteiger partial charge in [0, 0.05) is 22.2 Å². The molecule has 5 aliphatic carbocycles. The Kier molecular flexibility index (Phi) is 8.04. The van der Waals surface area contributed by atoms with Crippen LogP contribution < -0.4 is 4.90 Å². The van der Waals surface area contributed by atoms with Gasteiger partial charge in [0.1, 0.15) is 0 Å². The van der Waals surface area contributed by atoms with E-state index < -0.39 is 0 Å². The molecule has 0 heterocycles. The molecular weight excluding hydrogens is 699 g/mol. The van der Waals surface area contributed by atoms with E-state index in [-0.39, 0.29) is 10.8 Å².